The van der Waals surface area contributed by atoms with Crippen LogP contribution in [0.4, 0.5) is 0 Å². The van der Waals surface area contributed by atoms with Crippen LogP contribution in [0, 0.1) is 6.92 Å². The van der Waals surface area contributed by atoms with Gasteiger partial charge in [-0.1, -0.05) is 54.1 Å². The first-order chi connectivity index (χ1) is 16.3. The average molecular weight is 478 g/mol. The third kappa shape index (κ3) is 3.87. The van der Waals surface area contributed by atoms with E-state index in [4.69, 9.17) is 0 Å². The normalized spacial score (nSPS) is 21.3. The predicted molar refractivity (Wildman–Crippen MR) is 132 cm³/mol. The molecule has 3 aromatic carbocycles. The molecule has 5 rings (SSSR count). The second-order valence-electron chi connectivity index (χ2n) is 8.93. The lowest BCUT2D eigenvalue weighted by atomic mass is 9.97. The number of carbonyl (C=O) groups excluding carboxylic acids is 1. The molecule has 0 unspecified atom stereocenters. The Morgan fingerprint density at radius 1 is 0.912 bits per heavy atom. The van der Waals surface area contributed by atoms with Crippen molar-refractivity contribution in [1.29, 1.82) is 0 Å². The molecule has 0 radical (unpaired) electrons. The molecule has 1 aliphatic rings. The molecule has 4 aromatic rings. The summed E-state index contributed by atoms with van der Waals surface area (Å²) in [5, 5.41) is 13.6. The summed E-state index contributed by atoms with van der Waals surface area (Å²) in [6.45, 7) is 3.72. The number of rotatable bonds is 4. The number of sulfonamides is 1. The predicted octanol–water partition coefficient (Wildman–Crippen LogP) is 3.21. The zero-order valence-electron chi connectivity index (χ0n) is 19.0. The highest BCUT2D eigenvalue weighted by atomic mass is 32.2. The van der Waals surface area contributed by atoms with Gasteiger partial charge in [0, 0.05) is 41.8 Å². The number of aryl methyl sites for hydroxylation is 1. The van der Waals surface area contributed by atoms with Crippen LogP contribution in [-0.4, -0.2) is 54.1 Å². The van der Waals surface area contributed by atoms with Crippen LogP contribution in [0.5, 0.6) is 0 Å². The molecule has 1 aliphatic heterocycles. The van der Waals surface area contributed by atoms with E-state index < -0.39 is 28.2 Å². The molecule has 0 saturated carbocycles. The zero-order valence-corrected chi connectivity index (χ0v) is 19.9. The number of nitrogens with one attached hydrogen (secondary N) is 1. The van der Waals surface area contributed by atoms with E-state index in [1.807, 2.05) is 60.0 Å². The van der Waals surface area contributed by atoms with Crippen molar-refractivity contribution in [3.05, 3.63) is 78.4 Å². The van der Waals surface area contributed by atoms with Gasteiger partial charge < -0.3 is 14.6 Å². The number of nitrogens with zero attached hydrogens (tertiary/aromatic N) is 2. The van der Waals surface area contributed by atoms with Crippen LogP contribution >= 0.6 is 0 Å². The molecule has 0 spiro atoms. The van der Waals surface area contributed by atoms with E-state index in [0.29, 0.717) is 0 Å². The van der Waals surface area contributed by atoms with Crippen molar-refractivity contribution in [1.82, 2.24) is 14.2 Å². The molecule has 1 aromatic heterocycles. The number of aromatic nitrogens is 1. The Morgan fingerprint density at radius 3 is 2.03 bits per heavy atom. The number of likely N-dealkylation sites (tertiary alicyclic amines) is 1. The Kier molecular flexibility index (Phi) is 5.67. The molecule has 0 bridgehead atoms. The maximum atomic E-state index is 13.1. The van der Waals surface area contributed by atoms with Crippen LogP contribution in [0.25, 0.3) is 21.8 Å². The van der Waals surface area contributed by atoms with Crippen LogP contribution in [0.3, 0.4) is 0 Å². The smallest absolute Gasteiger partial charge is 0.240 e. The van der Waals surface area contributed by atoms with Crippen LogP contribution in [0.15, 0.2) is 77.7 Å². The zero-order chi connectivity index (χ0) is 24.0. The van der Waals surface area contributed by atoms with Crippen molar-refractivity contribution in [3.8, 4) is 0 Å². The number of fused-ring (bicyclic) bond motifs is 3. The first kappa shape index (κ1) is 22.6. The van der Waals surface area contributed by atoms with Gasteiger partial charge in [-0.25, -0.2) is 13.1 Å². The number of aliphatic hydroxyl groups is 1. The highest BCUT2D eigenvalue weighted by Gasteiger charge is 2.40. The minimum absolute atomic E-state index is 0.0925. The molecule has 2 heterocycles. The fourth-order valence-electron chi connectivity index (χ4n) is 4.92. The van der Waals surface area contributed by atoms with Gasteiger partial charge in [0.2, 0.25) is 15.9 Å². The average Bonchev–Trinajstić information content (AvgIpc) is 3.15. The maximum absolute atomic E-state index is 13.1. The largest absolute Gasteiger partial charge is 0.389 e. The van der Waals surface area contributed by atoms with Crippen molar-refractivity contribution in [2.75, 3.05) is 13.1 Å². The molecule has 0 aliphatic carbocycles. The van der Waals surface area contributed by atoms with Crippen molar-refractivity contribution >= 4 is 37.7 Å². The standard InChI is InChI=1S/C26H27N3O4S/c1-17-11-13-19(14-12-17)34(32,33)27-22-15-28(18(2)30)16-25(26(22)31)29-23-9-5-3-7-20(23)21-8-4-6-10-24(21)29/h3-14,22,25-27,31H,15-16H2,1-2H3/t22-,25+,26+/m1/s1. The molecule has 34 heavy (non-hydrogen) atoms. The van der Waals surface area contributed by atoms with Crippen LogP contribution in [0.1, 0.15) is 18.5 Å². The first-order valence-corrected chi connectivity index (χ1v) is 12.7. The number of amides is 1. The van der Waals surface area contributed by atoms with Gasteiger partial charge in [-0.2, -0.15) is 0 Å². The van der Waals surface area contributed by atoms with E-state index in [-0.39, 0.29) is 23.9 Å². The first-order valence-electron chi connectivity index (χ1n) is 11.3. The van der Waals surface area contributed by atoms with Crippen LogP contribution in [0.2, 0.25) is 0 Å². The lowest BCUT2D eigenvalue weighted by molar-refractivity contribution is -0.133. The highest BCUT2D eigenvalue weighted by Crippen LogP contribution is 2.35. The third-order valence-corrected chi connectivity index (χ3v) is 8.17. The summed E-state index contributed by atoms with van der Waals surface area (Å²) in [5.74, 6) is -0.169. The number of benzene rings is 3. The Morgan fingerprint density at radius 2 is 1.47 bits per heavy atom. The summed E-state index contributed by atoms with van der Waals surface area (Å²) in [7, 11) is -3.89. The molecule has 2 N–H and O–H groups in total. The number of carbonyl (C=O) groups is 1. The quantitative estimate of drug-likeness (QED) is 0.472. The second-order valence-corrected chi connectivity index (χ2v) is 10.6. The third-order valence-electron chi connectivity index (χ3n) is 6.66. The molecule has 1 amide bonds. The summed E-state index contributed by atoms with van der Waals surface area (Å²) >= 11 is 0. The minimum Gasteiger partial charge on any atom is -0.389 e. The van der Waals surface area contributed by atoms with Gasteiger partial charge in [-0.3, -0.25) is 4.79 Å². The fourth-order valence-corrected chi connectivity index (χ4v) is 6.16. The van der Waals surface area contributed by atoms with E-state index in [1.165, 1.54) is 6.92 Å². The summed E-state index contributed by atoms with van der Waals surface area (Å²) in [6, 6.07) is 21.0. The number of piperidine rings is 1. The van der Waals surface area contributed by atoms with Gasteiger partial charge in [-0.05, 0) is 31.2 Å². The van der Waals surface area contributed by atoms with Gasteiger partial charge in [-0.15, -0.1) is 0 Å². The van der Waals surface area contributed by atoms with Gasteiger partial charge in [0.1, 0.15) is 0 Å². The summed E-state index contributed by atoms with van der Waals surface area (Å²) in [6.07, 6.45) is -1.05. The van der Waals surface area contributed by atoms with E-state index in [1.54, 1.807) is 29.2 Å². The van der Waals surface area contributed by atoms with Gasteiger partial charge in [0.05, 0.1) is 23.1 Å². The fraction of sp³-hybridized carbons (Fsp3) is 0.269. The van der Waals surface area contributed by atoms with E-state index in [9.17, 15) is 18.3 Å². The monoisotopic (exact) mass is 477 g/mol. The Bertz CT molecular complexity index is 1420. The molecule has 1 saturated heterocycles. The van der Waals surface area contributed by atoms with E-state index in [2.05, 4.69) is 4.72 Å². The summed E-state index contributed by atoms with van der Waals surface area (Å²) in [4.78, 5) is 14.1. The molecule has 7 nitrogen and oxygen atoms in total. The molecule has 1 fully saturated rings. The Labute approximate surface area is 198 Å². The second kappa shape index (κ2) is 8.54. The van der Waals surface area contributed by atoms with E-state index >= 15 is 0 Å². The van der Waals surface area contributed by atoms with Gasteiger partial charge >= 0.3 is 0 Å². The number of hydrogen-bond donors (Lipinski definition) is 2. The molecule has 8 heteroatoms. The summed E-state index contributed by atoms with van der Waals surface area (Å²) in [5.41, 5.74) is 2.81. The topological polar surface area (TPSA) is 91.6 Å². The lowest BCUT2D eigenvalue weighted by Gasteiger charge is -2.42. The number of para-hydroxylation sites is 2. The SMILES string of the molecule is CC(=O)N1C[C@@H](NS(=O)(=O)c2ccc(C)cc2)[C@H](O)[C@@H](n2c3ccccc3c3ccccc32)C1. The molecular weight excluding hydrogens is 450 g/mol. The Hall–Kier alpha value is -3.20. The van der Waals surface area contributed by atoms with Crippen LogP contribution < -0.4 is 4.72 Å². The maximum Gasteiger partial charge on any atom is 0.240 e. The van der Waals surface area contributed by atoms with Crippen molar-refractivity contribution < 1.29 is 18.3 Å². The summed E-state index contributed by atoms with van der Waals surface area (Å²) < 4.78 is 30.9. The highest BCUT2D eigenvalue weighted by molar-refractivity contribution is 7.89. The molecular formula is C26H27N3O4S. The van der Waals surface area contributed by atoms with Gasteiger partial charge in [0.15, 0.2) is 0 Å². The number of hydrogen-bond acceptors (Lipinski definition) is 4. The molecule has 176 valence electrons. The molecule has 3 atom stereocenters. The minimum atomic E-state index is -3.89. The number of aliphatic hydroxyl groups excluding tert-OH is 1. The van der Waals surface area contributed by atoms with Gasteiger partial charge in [0.25, 0.3) is 0 Å². The van der Waals surface area contributed by atoms with Crippen molar-refractivity contribution in [3.63, 3.8) is 0 Å². The van der Waals surface area contributed by atoms with Crippen LogP contribution in [-0.2, 0) is 14.8 Å². The Balaban J connectivity index is 1.58. The van der Waals surface area contributed by atoms with Crippen molar-refractivity contribution in [2.24, 2.45) is 0 Å². The van der Waals surface area contributed by atoms with Crippen molar-refractivity contribution in [2.45, 2.75) is 36.9 Å². The van der Waals surface area contributed by atoms with E-state index in [0.717, 1.165) is 27.4 Å². The lowest BCUT2D eigenvalue weighted by Crippen LogP contribution is -2.60.